The first-order valence-corrected chi connectivity index (χ1v) is 7.51. The van der Waals surface area contributed by atoms with Crippen LogP contribution >= 0.6 is 0 Å². The SMILES string of the molecule is COC(=O)[C@@H]1C[C@H]2CCCC[C@H]2N1C(=O)c1cnn(C)c1. The highest BCUT2D eigenvalue weighted by molar-refractivity contribution is 5.97. The Labute approximate surface area is 124 Å². The van der Waals surface area contributed by atoms with E-state index >= 15 is 0 Å². The van der Waals surface area contributed by atoms with E-state index in [0.717, 1.165) is 25.7 Å². The molecule has 114 valence electrons. The number of rotatable bonds is 2. The number of likely N-dealkylation sites (tertiary alicyclic amines) is 1. The second-order valence-corrected chi connectivity index (χ2v) is 6.00. The van der Waals surface area contributed by atoms with E-state index in [1.165, 1.54) is 13.5 Å². The molecule has 0 radical (unpaired) electrons. The van der Waals surface area contributed by atoms with E-state index < -0.39 is 6.04 Å². The maximum Gasteiger partial charge on any atom is 0.328 e. The largest absolute Gasteiger partial charge is 0.467 e. The molecule has 0 N–H and O–H groups in total. The number of aryl methyl sites for hydroxylation is 1. The smallest absolute Gasteiger partial charge is 0.328 e. The molecule has 21 heavy (non-hydrogen) atoms. The lowest BCUT2D eigenvalue weighted by atomic mass is 9.84. The first-order valence-electron chi connectivity index (χ1n) is 7.51. The van der Waals surface area contributed by atoms with Gasteiger partial charge < -0.3 is 9.64 Å². The molecule has 0 unspecified atom stereocenters. The van der Waals surface area contributed by atoms with Gasteiger partial charge in [-0.15, -0.1) is 0 Å². The molecule has 6 nitrogen and oxygen atoms in total. The highest BCUT2D eigenvalue weighted by Gasteiger charge is 2.48. The summed E-state index contributed by atoms with van der Waals surface area (Å²) in [4.78, 5) is 26.6. The van der Waals surface area contributed by atoms with Gasteiger partial charge in [-0.3, -0.25) is 9.48 Å². The van der Waals surface area contributed by atoms with Crippen LogP contribution in [0.2, 0.25) is 0 Å². The van der Waals surface area contributed by atoms with Gasteiger partial charge >= 0.3 is 5.97 Å². The number of methoxy groups -OCH3 is 1. The highest BCUT2D eigenvalue weighted by Crippen LogP contribution is 2.40. The summed E-state index contributed by atoms with van der Waals surface area (Å²) in [6.07, 6.45) is 8.36. The van der Waals surface area contributed by atoms with Crippen LogP contribution in [0.15, 0.2) is 12.4 Å². The molecule has 2 heterocycles. The van der Waals surface area contributed by atoms with Crippen LogP contribution in [0.5, 0.6) is 0 Å². The number of hydrogen-bond acceptors (Lipinski definition) is 4. The molecule has 6 heteroatoms. The van der Waals surface area contributed by atoms with Crippen LogP contribution in [-0.2, 0) is 16.6 Å². The lowest BCUT2D eigenvalue weighted by Gasteiger charge is -2.33. The molecule has 1 aliphatic carbocycles. The highest BCUT2D eigenvalue weighted by atomic mass is 16.5. The summed E-state index contributed by atoms with van der Waals surface area (Å²) in [5, 5.41) is 4.06. The van der Waals surface area contributed by atoms with Gasteiger partial charge in [0.1, 0.15) is 6.04 Å². The number of amides is 1. The number of fused-ring (bicyclic) bond motifs is 1. The van der Waals surface area contributed by atoms with Crippen molar-refractivity contribution in [1.29, 1.82) is 0 Å². The van der Waals surface area contributed by atoms with Gasteiger partial charge in [0.2, 0.25) is 0 Å². The Balaban J connectivity index is 1.90. The Kier molecular flexibility index (Phi) is 3.69. The third-order valence-corrected chi connectivity index (χ3v) is 4.75. The fourth-order valence-corrected chi connectivity index (χ4v) is 3.78. The monoisotopic (exact) mass is 291 g/mol. The van der Waals surface area contributed by atoms with Crippen molar-refractivity contribution in [2.24, 2.45) is 13.0 Å². The number of carbonyl (C=O) groups excluding carboxylic acids is 2. The molecular weight excluding hydrogens is 270 g/mol. The second-order valence-electron chi connectivity index (χ2n) is 6.00. The minimum Gasteiger partial charge on any atom is -0.467 e. The lowest BCUT2D eigenvalue weighted by molar-refractivity contribution is -0.145. The zero-order valence-corrected chi connectivity index (χ0v) is 12.5. The van der Waals surface area contributed by atoms with E-state index in [1.54, 1.807) is 29.0 Å². The van der Waals surface area contributed by atoms with Gasteiger partial charge in [0.25, 0.3) is 5.91 Å². The van der Waals surface area contributed by atoms with Gasteiger partial charge in [-0.1, -0.05) is 12.8 Å². The predicted molar refractivity (Wildman–Crippen MR) is 75.5 cm³/mol. The molecule has 2 aliphatic rings. The van der Waals surface area contributed by atoms with Gasteiger partial charge in [0.05, 0.1) is 18.9 Å². The molecule has 1 saturated heterocycles. The second kappa shape index (κ2) is 5.50. The Morgan fingerprint density at radius 3 is 2.76 bits per heavy atom. The van der Waals surface area contributed by atoms with Crippen molar-refractivity contribution in [3.63, 3.8) is 0 Å². The Morgan fingerprint density at radius 2 is 2.10 bits per heavy atom. The van der Waals surface area contributed by atoms with Crippen molar-refractivity contribution in [3.05, 3.63) is 18.0 Å². The molecule has 0 aromatic carbocycles. The van der Waals surface area contributed by atoms with Gasteiger partial charge in [-0.05, 0) is 25.2 Å². The molecule has 1 amide bonds. The van der Waals surface area contributed by atoms with E-state index in [0.29, 0.717) is 11.5 Å². The zero-order chi connectivity index (χ0) is 15.0. The number of ether oxygens (including phenoxy) is 1. The third-order valence-electron chi connectivity index (χ3n) is 4.75. The number of nitrogens with zero attached hydrogens (tertiary/aromatic N) is 3. The maximum absolute atomic E-state index is 12.8. The summed E-state index contributed by atoms with van der Waals surface area (Å²) in [5.74, 6) is 0.0120. The molecule has 2 fully saturated rings. The van der Waals surface area contributed by atoms with Crippen LogP contribution < -0.4 is 0 Å². The van der Waals surface area contributed by atoms with Gasteiger partial charge in [-0.2, -0.15) is 5.10 Å². The quantitative estimate of drug-likeness (QED) is 0.772. The van der Waals surface area contributed by atoms with E-state index in [2.05, 4.69) is 5.10 Å². The molecular formula is C15H21N3O3. The van der Waals surface area contributed by atoms with Crippen molar-refractivity contribution in [2.75, 3.05) is 7.11 Å². The summed E-state index contributed by atoms with van der Waals surface area (Å²) in [7, 11) is 3.17. The number of hydrogen-bond donors (Lipinski definition) is 0. The van der Waals surface area contributed by atoms with Crippen LogP contribution in [0.4, 0.5) is 0 Å². The summed E-state index contributed by atoms with van der Waals surface area (Å²) in [6.45, 7) is 0. The average molecular weight is 291 g/mol. The normalized spacial score (nSPS) is 28.3. The molecule has 0 bridgehead atoms. The predicted octanol–water partition coefficient (Wildman–Crippen LogP) is 1.37. The molecule has 1 aromatic rings. The summed E-state index contributed by atoms with van der Waals surface area (Å²) >= 11 is 0. The molecule has 0 spiro atoms. The third kappa shape index (κ3) is 2.43. The number of esters is 1. The van der Waals surface area contributed by atoms with Crippen LogP contribution in [0.1, 0.15) is 42.5 Å². The molecule has 1 aromatic heterocycles. The fraction of sp³-hybridized carbons (Fsp3) is 0.667. The van der Waals surface area contributed by atoms with Crippen LogP contribution in [-0.4, -0.2) is 45.8 Å². The Morgan fingerprint density at radius 1 is 1.33 bits per heavy atom. The van der Waals surface area contributed by atoms with E-state index in [9.17, 15) is 9.59 Å². The maximum atomic E-state index is 12.8. The summed E-state index contributed by atoms with van der Waals surface area (Å²) in [6, 6.07) is -0.286. The van der Waals surface area contributed by atoms with Gasteiger partial charge in [0, 0.05) is 19.3 Å². The summed E-state index contributed by atoms with van der Waals surface area (Å²) < 4.78 is 6.51. The Bertz CT molecular complexity index is 554. The lowest BCUT2D eigenvalue weighted by Crippen LogP contribution is -2.46. The van der Waals surface area contributed by atoms with Crippen molar-refractivity contribution >= 4 is 11.9 Å². The van der Waals surface area contributed by atoms with Gasteiger partial charge in [-0.25, -0.2) is 4.79 Å². The fourth-order valence-electron chi connectivity index (χ4n) is 3.78. The van der Waals surface area contributed by atoms with Crippen molar-refractivity contribution in [3.8, 4) is 0 Å². The molecule has 1 saturated carbocycles. The van der Waals surface area contributed by atoms with Crippen LogP contribution in [0.25, 0.3) is 0 Å². The van der Waals surface area contributed by atoms with Crippen LogP contribution in [0.3, 0.4) is 0 Å². The van der Waals surface area contributed by atoms with Crippen molar-refractivity contribution in [1.82, 2.24) is 14.7 Å². The zero-order valence-electron chi connectivity index (χ0n) is 12.5. The first kappa shape index (κ1) is 14.1. The number of carbonyl (C=O) groups is 2. The van der Waals surface area contributed by atoms with Crippen molar-refractivity contribution in [2.45, 2.75) is 44.2 Å². The first-order chi connectivity index (χ1) is 10.1. The molecule has 1 aliphatic heterocycles. The van der Waals surface area contributed by atoms with E-state index in [1.807, 2.05) is 0 Å². The van der Waals surface area contributed by atoms with Gasteiger partial charge in [0.15, 0.2) is 0 Å². The Hall–Kier alpha value is -1.85. The summed E-state index contributed by atoms with van der Waals surface area (Å²) in [5.41, 5.74) is 0.539. The standard InChI is InChI=1S/C15H21N3O3/c1-17-9-11(8-16-17)14(19)18-12-6-4-3-5-10(12)7-13(18)15(20)21-2/h8-10,12-13H,3-7H2,1-2H3/t10-,12-,13+/m1/s1. The minimum atomic E-state index is -0.448. The minimum absolute atomic E-state index is 0.104. The van der Waals surface area contributed by atoms with E-state index in [-0.39, 0.29) is 17.9 Å². The average Bonchev–Trinajstić information content (AvgIpc) is 3.09. The van der Waals surface area contributed by atoms with Crippen molar-refractivity contribution < 1.29 is 14.3 Å². The molecule has 3 atom stereocenters. The topological polar surface area (TPSA) is 64.4 Å². The van der Waals surface area contributed by atoms with Crippen LogP contribution in [0, 0.1) is 5.92 Å². The van der Waals surface area contributed by atoms with E-state index in [4.69, 9.17) is 4.74 Å². The number of aromatic nitrogens is 2. The molecule has 3 rings (SSSR count).